The number of nitriles is 1. The minimum Gasteiger partial charge on any atom is -0.275 e. The quantitative estimate of drug-likeness (QED) is 0.773. The summed E-state index contributed by atoms with van der Waals surface area (Å²) in [5, 5.41) is 15.6. The van der Waals surface area contributed by atoms with Crippen molar-refractivity contribution in [2.45, 2.75) is 13.3 Å². The molecule has 0 unspecified atom stereocenters. The van der Waals surface area contributed by atoms with E-state index in [4.69, 9.17) is 5.26 Å². The molecule has 5 heteroatoms. The molecule has 0 radical (unpaired) electrons. The molecule has 0 saturated heterocycles. The lowest BCUT2D eigenvalue weighted by molar-refractivity contribution is 0.756. The number of aromatic nitrogens is 3. The van der Waals surface area contributed by atoms with Crippen LogP contribution < -0.4 is 0 Å². The molecule has 0 saturated carbocycles. The van der Waals surface area contributed by atoms with Crippen molar-refractivity contribution >= 4 is 11.3 Å². The Hall–Kier alpha value is -1.67. The molecule has 0 spiro atoms. The number of hydrogen-bond donors (Lipinski definition) is 0. The third kappa shape index (κ3) is 1.90. The van der Waals surface area contributed by atoms with Crippen LogP contribution in [-0.4, -0.2) is 14.8 Å². The summed E-state index contributed by atoms with van der Waals surface area (Å²) in [6.45, 7) is 1.96. The van der Waals surface area contributed by atoms with Gasteiger partial charge in [-0.2, -0.15) is 10.4 Å². The van der Waals surface area contributed by atoms with E-state index in [1.165, 1.54) is 11.3 Å². The molecule has 0 aliphatic carbocycles. The van der Waals surface area contributed by atoms with Crippen molar-refractivity contribution in [3.05, 3.63) is 22.3 Å². The lowest BCUT2D eigenvalue weighted by Crippen LogP contribution is -1.86. The van der Waals surface area contributed by atoms with Crippen molar-refractivity contribution < 1.29 is 0 Å². The number of hydrogen-bond acceptors (Lipinski definition) is 4. The molecule has 2 aromatic heterocycles. The molecule has 0 atom stereocenters. The molecule has 15 heavy (non-hydrogen) atoms. The Labute approximate surface area is 91.8 Å². The van der Waals surface area contributed by atoms with Crippen LogP contribution >= 0.6 is 11.3 Å². The van der Waals surface area contributed by atoms with Crippen LogP contribution in [0.3, 0.4) is 0 Å². The predicted octanol–water partition coefficient (Wildman–Crippen LogP) is 1.92. The summed E-state index contributed by atoms with van der Waals surface area (Å²) >= 11 is 1.52. The Bertz CT molecular complexity index is 518. The average molecular weight is 218 g/mol. The van der Waals surface area contributed by atoms with Crippen molar-refractivity contribution in [1.82, 2.24) is 14.8 Å². The molecule has 0 aliphatic heterocycles. The van der Waals surface area contributed by atoms with Crippen LogP contribution in [0.5, 0.6) is 0 Å². The van der Waals surface area contributed by atoms with Crippen molar-refractivity contribution in [3.8, 4) is 17.3 Å². The summed E-state index contributed by atoms with van der Waals surface area (Å²) in [6.07, 6.45) is 2.32. The van der Waals surface area contributed by atoms with Gasteiger partial charge in [0.2, 0.25) is 0 Å². The highest BCUT2D eigenvalue weighted by Gasteiger charge is 2.09. The molecular weight excluding hydrogens is 208 g/mol. The van der Waals surface area contributed by atoms with Gasteiger partial charge in [0.1, 0.15) is 5.01 Å². The highest BCUT2D eigenvalue weighted by molar-refractivity contribution is 7.10. The van der Waals surface area contributed by atoms with Crippen molar-refractivity contribution in [2.24, 2.45) is 7.05 Å². The monoisotopic (exact) mass is 218 g/mol. The highest BCUT2D eigenvalue weighted by atomic mass is 32.1. The first-order chi connectivity index (χ1) is 7.20. The number of aryl methyl sites for hydroxylation is 2. The van der Waals surface area contributed by atoms with E-state index >= 15 is 0 Å². The smallest absolute Gasteiger partial charge is 0.107 e. The first-order valence-electron chi connectivity index (χ1n) is 4.52. The zero-order valence-electron chi connectivity index (χ0n) is 8.56. The van der Waals surface area contributed by atoms with Crippen LogP contribution in [0, 0.1) is 18.3 Å². The van der Waals surface area contributed by atoms with Crippen LogP contribution in [0.4, 0.5) is 0 Å². The summed E-state index contributed by atoms with van der Waals surface area (Å²) in [7, 11) is 1.89. The molecule has 4 nitrogen and oxygen atoms in total. The van der Waals surface area contributed by atoms with Gasteiger partial charge >= 0.3 is 0 Å². The maximum Gasteiger partial charge on any atom is 0.107 e. The van der Waals surface area contributed by atoms with Gasteiger partial charge in [-0.05, 0) is 6.92 Å². The third-order valence-corrected chi connectivity index (χ3v) is 2.92. The molecule has 2 heterocycles. The van der Waals surface area contributed by atoms with Gasteiger partial charge in [-0.15, -0.1) is 11.3 Å². The molecular formula is C10H10N4S. The molecule has 76 valence electrons. The standard InChI is InChI=1S/C10H10N4S/c1-7-8(5-14(2)13-7)9-6-15-10(12-9)3-4-11/h5-6H,3H2,1-2H3. The van der Waals surface area contributed by atoms with E-state index in [2.05, 4.69) is 16.2 Å². The fraction of sp³-hybridized carbons (Fsp3) is 0.300. The first kappa shape index (κ1) is 9.87. The summed E-state index contributed by atoms with van der Waals surface area (Å²) < 4.78 is 1.77. The van der Waals surface area contributed by atoms with Gasteiger partial charge in [0.05, 0.1) is 23.9 Å². The average Bonchev–Trinajstić information content (AvgIpc) is 2.73. The first-order valence-corrected chi connectivity index (χ1v) is 5.40. The minimum atomic E-state index is 0.379. The van der Waals surface area contributed by atoms with Gasteiger partial charge in [-0.25, -0.2) is 4.98 Å². The SMILES string of the molecule is Cc1nn(C)cc1-c1csc(CC#N)n1. The van der Waals surface area contributed by atoms with Gasteiger partial charge < -0.3 is 0 Å². The highest BCUT2D eigenvalue weighted by Crippen LogP contribution is 2.24. The number of thiazole rings is 1. The summed E-state index contributed by atoms with van der Waals surface area (Å²) in [6, 6.07) is 2.10. The van der Waals surface area contributed by atoms with Crippen molar-refractivity contribution in [2.75, 3.05) is 0 Å². The fourth-order valence-corrected chi connectivity index (χ4v) is 2.16. The summed E-state index contributed by atoms with van der Waals surface area (Å²) in [5.41, 5.74) is 2.92. The van der Waals surface area contributed by atoms with Crippen molar-refractivity contribution in [3.63, 3.8) is 0 Å². The van der Waals surface area contributed by atoms with Crippen LogP contribution in [-0.2, 0) is 13.5 Å². The van der Waals surface area contributed by atoms with Gasteiger partial charge in [-0.1, -0.05) is 0 Å². The van der Waals surface area contributed by atoms with Gasteiger partial charge in [0, 0.05) is 24.2 Å². The van der Waals surface area contributed by atoms with E-state index < -0.39 is 0 Å². The molecule has 2 aromatic rings. The Morgan fingerprint density at radius 3 is 3.00 bits per heavy atom. The number of rotatable bonds is 2. The summed E-state index contributed by atoms with van der Waals surface area (Å²) in [4.78, 5) is 4.39. The Kier molecular flexibility index (Phi) is 2.52. The Morgan fingerprint density at radius 1 is 1.60 bits per heavy atom. The van der Waals surface area contributed by atoms with Crippen LogP contribution in [0.25, 0.3) is 11.3 Å². The lowest BCUT2D eigenvalue weighted by atomic mass is 10.2. The fourth-order valence-electron chi connectivity index (χ4n) is 1.43. The third-order valence-electron chi connectivity index (χ3n) is 2.07. The number of nitrogens with zero attached hydrogens (tertiary/aromatic N) is 4. The Morgan fingerprint density at radius 2 is 2.40 bits per heavy atom. The largest absolute Gasteiger partial charge is 0.275 e. The molecule has 2 rings (SSSR count). The molecule has 0 bridgehead atoms. The molecule has 0 aliphatic rings. The van der Waals surface area contributed by atoms with E-state index in [0.29, 0.717) is 6.42 Å². The van der Waals surface area contributed by atoms with Crippen molar-refractivity contribution in [1.29, 1.82) is 5.26 Å². The van der Waals surface area contributed by atoms with Crippen LogP contribution in [0.2, 0.25) is 0 Å². The lowest BCUT2D eigenvalue weighted by Gasteiger charge is -1.90. The van der Waals surface area contributed by atoms with E-state index in [1.807, 2.05) is 25.5 Å². The minimum absolute atomic E-state index is 0.379. The Balaban J connectivity index is 2.37. The van der Waals surface area contributed by atoms with Gasteiger partial charge in [0.25, 0.3) is 0 Å². The molecule has 0 aromatic carbocycles. The van der Waals surface area contributed by atoms with E-state index in [0.717, 1.165) is 22.0 Å². The predicted molar refractivity (Wildman–Crippen MR) is 58.4 cm³/mol. The maximum absolute atomic E-state index is 8.56. The zero-order chi connectivity index (χ0) is 10.8. The van der Waals surface area contributed by atoms with Gasteiger partial charge in [-0.3, -0.25) is 4.68 Å². The zero-order valence-corrected chi connectivity index (χ0v) is 9.38. The molecule has 0 N–H and O–H groups in total. The van der Waals surface area contributed by atoms with Crippen LogP contribution in [0.15, 0.2) is 11.6 Å². The topological polar surface area (TPSA) is 54.5 Å². The molecule has 0 amide bonds. The van der Waals surface area contributed by atoms with E-state index in [-0.39, 0.29) is 0 Å². The maximum atomic E-state index is 8.56. The molecule has 0 fully saturated rings. The second kappa shape index (κ2) is 3.83. The second-order valence-electron chi connectivity index (χ2n) is 3.26. The van der Waals surface area contributed by atoms with Gasteiger partial charge in [0.15, 0.2) is 0 Å². The normalized spacial score (nSPS) is 10.2. The summed E-state index contributed by atoms with van der Waals surface area (Å²) in [5.74, 6) is 0. The van der Waals surface area contributed by atoms with Crippen LogP contribution in [0.1, 0.15) is 10.7 Å². The second-order valence-corrected chi connectivity index (χ2v) is 4.21. The van der Waals surface area contributed by atoms with E-state index in [1.54, 1.807) is 4.68 Å². The van der Waals surface area contributed by atoms with E-state index in [9.17, 15) is 0 Å².